The number of aryl methyl sites for hydroxylation is 2. The Labute approximate surface area is 204 Å². The van der Waals surface area contributed by atoms with Crippen molar-refractivity contribution in [1.29, 1.82) is 0 Å². The summed E-state index contributed by atoms with van der Waals surface area (Å²) in [6.07, 6.45) is 3.40. The molecule has 35 heavy (non-hydrogen) atoms. The molecule has 0 saturated carbocycles. The minimum Gasteiger partial charge on any atom is -0.348 e. The molecule has 1 aromatic heterocycles. The van der Waals surface area contributed by atoms with Crippen LogP contribution in [0.2, 0.25) is 0 Å². The van der Waals surface area contributed by atoms with Gasteiger partial charge in [0.15, 0.2) is 5.69 Å². The summed E-state index contributed by atoms with van der Waals surface area (Å²) in [5.74, 6) is 0.824. The number of carbonyl (C=O) groups is 1. The van der Waals surface area contributed by atoms with Crippen LogP contribution in [-0.4, -0.2) is 22.2 Å². The van der Waals surface area contributed by atoms with Crippen LogP contribution in [0.1, 0.15) is 40.0 Å². The topological polar surface area (TPSA) is 79.3 Å². The second-order valence-electron chi connectivity index (χ2n) is 8.71. The van der Waals surface area contributed by atoms with E-state index in [0.29, 0.717) is 17.3 Å². The van der Waals surface area contributed by atoms with E-state index < -0.39 is 0 Å². The fourth-order valence-electron chi connectivity index (χ4n) is 4.15. The van der Waals surface area contributed by atoms with E-state index in [1.807, 2.05) is 74.5 Å². The molecule has 0 spiro atoms. The first-order chi connectivity index (χ1) is 17.0. The van der Waals surface area contributed by atoms with Crippen molar-refractivity contribution >= 4 is 35.4 Å². The third-order valence-corrected chi connectivity index (χ3v) is 6.33. The minimum absolute atomic E-state index is 0.00422. The SMILES string of the molecule is Cc1ccc(C(=O)N[N+]2(c3ccnc(NC(C)c4ccccc4)n3)C=Nc3ccccc32)cc1C. The summed E-state index contributed by atoms with van der Waals surface area (Å²) < 4.78 is -0.140. The molecule has 1 amide bonds. The average molecular weight is 464 g/mol. The molecule has 4 aromatic rings. The summed E-state index contributed by atoms with van der Waals surface area (Å²) in [6.45, 7) is 6.09. The van der Waals surface area contributed by atoms with Gasteiger partial charge in [-0.25, -0.2) is 4.98 Å². The van der Waals surface area contributed by atoms with Gasteiger partial charge in [0.25, 0.3) is 11.7 Å². The van der Waals surface area contributed by atoms with Gasteiger partial charge in [0.05, 0.1) is 6.04 Å². The molecule has 0 bridgehead atoms. The summed E-state index contributed by atoms with van der Waals surface area (Å²) in [5, 5.41) is 3.37. The Balaban J connectivity index is 1.53. The molecule has 0 fully saturated rings. The molecule has 0 radical (unpaired) electrons. The van der Waals surface area contributed by atoms with Crippen LogP contribution in [0.5, 0.6) is 0 Å². The lowest BCUT2D eigenvalue weighted by molar-refractivity contribution is 0.0904. The van der Waals surface area contributed by atoms with Crippen molar-refractivity contribution in [3.8, 4) is 0 Å². The number of hydrogen-bond acceptors (Lipinski definition) is 5. The Morgan fingerprint density at radius 1 is 0.914 bits per heavy atom. The highest BCUT2D eigenvalue weighted by molar-refractivity contribution is 6.01. The summed E-state index contributed by atoms with van der Waals surface area (Å²) in [6, 6.07) is 25.3. The summed E-state index contributed by atoms with van der Waals surface area (Å²) >= 11 is 0. The first-order valence-corrected chi connectivity index (χ1v) is 11.5. The Kier molecular flexibility index (Phi) is 5.84. The number of fused-ring (bicyclic) bond motifs is 1. The van der Waals surface area contributed by atoms with Crippen molar-refractivity contribution in [2.75, 3.05) is 5.32 Å². The second-order valence-corrected chi connectivity index (χ2v) is 8.71. The van der Waals surface area contributed by atoms with Crippen LogP contribution in [-0.2, 0) is 0 Å². The molecule has 0 saturated heterocycles. The predicted octanol–water partition coefficient (Wildman–Crippen LogP) is 5.92. The van der Waals surface area contributed by atoms with Crippen molar-refractivity contribution in [1.82, 2.24) is 20.0 Å². The number of benzene rings is 3. The number of hydrogen-bond donors (Lipinski definition) is 2. The van der Waals surface area contributed by atoms with Crippen LogP contribution in [0.15, 0.2) is 90.1 Å². The standard InChI is InChI=1S/C28H26N6O/c1-19-13-14-23(17-20(19)2)27(35)33-34(18-30-24-11-7-8-12-25(24)34)26-15-16-29-28(32-26)31-21(3)22-9-5-4-6-10-22/h4-18,21H,1-3H3,(H-,29,31,32,33,35)/p+1. The van der Waals surface area contributed by atoms with Crippen molar-refractivity contribution in [2.24, 2.45) is 4.99 Å². The van der Waals surface area contributed by atoms with Gasteiger partial charge in [0.2, 0.25) is 12.3 Å². The molecule has 1 aliphatic heterocycles. The van der Waals surface area contributed by atoms with Gasteiger partial charge in [-0.05, 0) is 55.7 Å². The zero-order valence-electron chi connectivity index (χ0n) is 19.9. The smallest absolute Gasteiger partial charge is 0.297 e. The van der Waals surface area contributed by atoms with Gasteiger partial charge in [-0.15, -0.1) is 0 Å². The van der Waals surface area contributed by atoms with Crippen molar-refractivity contribution in [3.63, 3.8) is 0 Å². The molecule has 1 aliphatic rings. The quantitative estimate of drug-likeness (QED) is 0.348. The Morgan fingerprint density at radius 2 is 1.69 bits per heavy atom. The van der Waals surface area contributed by atoms with Crippen LogP contribution in [0, 0.1) is 13.8 Å². The minimum atomic E-state index is -0.220. The predicted molar refractivity (Wildman–Crippen MR) is 140 cm³/mol. The fraction of sp³-hybridized carbons (Fsp3) is 0.143. The van der Waals surface area contributed by atoms with Crippen molar-refractivity contribution < 1.29 is 4.79 Å². The highest BCUT2D eigenvalue weighted by Crippen LogP contribution is 2.42. The monoisotopic (exact) mass is 463 g/mol. The molecule has 2 heterocycles. The lowest BCUT2D eigenvalue weighted by Crippen LogP contribution is -2.56. The number of aliphatic imine (C=N–C) groups is 1. The zero-order valence-corrected chi connectivity index (χ0v) is 19.9. The summed E-state index contributed by atoms with van der Waals surface area (Å²) in [4.78, 5) is 27.3. The Morgan fingerprint density at radius 3 is 2.49 bits per heavy atom. The van der Waals surface area contributed by atoms with Gasteiger partial charge < -0.3 is 5.32 Å². The first kappa shape index (κ1) is 22.4. The van der Waals surface area contributed by atoms with Gasteiger partial charge in [0.1, 0.15) is 5.69 Å². The third-order valence-electron chi connectivity index (χ3n) is 6.33. The van der Waals surface area contributed by atoms with E-state index in [1.54, 1.807) is 18.6 Å². The number of rotatable bonds is 6. The summed E-state index contributed by atoms with van der Waals surface area (Å²) in [5.41, 5.74) is 8.66. The molecule has 3 aromatic carbocycles. The highest BCUT2D eigenvalue weighted by atomic mass is 16.2. The molecule has 2 N–H and O–H groups in total. The van der Waals surface area contributed by atoms with E-state index in [-0.39, 0.29) is 16.5 Å². The molecule has 7 heteroatoms. The average Bonchev–Trinajstić information content (AvgIpc) is 3.26. The Hall–Kier alpha value is -4.36. The maximum absolute atomic E-state index is 13.5. The zero-order chi connectivity index (χ0) is 24.4. The maximum atomic E-state index is 13.5. The van der Waals surface area contributed by atoms with Crippen LogP contribution in [0.25, 0.3) is 0 Å². The van der Waals surface area contributed by atoms with E-state index in [1.165, 1.54) is 0 Å². The van der Waals surface area contributed by atoms with Crippen LogP contribution >= 0.6 is 0 Å². The second kappa shape index (κ2) is 9.12. The lowest BCUT2D eigenvalue weighted by Gasteiger charge is -2.28. The molecule has 174 valence electrons. The van der Waals surface area contributed by atoms with E-state index in [2.05, 4.69) is 39.8 Å². The number of anilines is 1. The normalized spacial score (nSPS) is 17.0. The van der Waals surface area contributed by atoms with E-state index in [4.69, 9.17) is 4.98 Å². The molecular weight excluding hydrogens is 436 g/mol. The molecule has 7 nitrogen and oxygen atoms in total. The van der Waals surface area contributed by atoms with Gasteiger partial charge in [-0.2, -0.15) is 15.4 Å². The number of aromatic nitrogens is 2. The van der Waals surface area contributed by atoms with Crippen LogP contribution in [0.3, 0.4) is 0 Å². The third kappa shape index (κ3) is 4.29. The summed E-state index contributed by atoms with van der Waals surface area (Å²) in [7, 11) is 0. The first-order valence-electron chi connectivity index (χ1n) is 11.5. The van der Waals surface area contributed by atoms with Crippen molar-refractivity contribution in [2.45, 2.75) is 26.8 Å². The van der Waals surface area contributed by atoms with E-state index in [9.17, 15) is 4.79 Å². The number of carbonyl (C=O) groups excluding carboxylic acids is 1. The van der Waals surface area contributed by atoms with Crippen LogP contribution in [0.4, 0.5) is 23.1 Å². The number of quaternary nitrogens is 1. The van der Waals surface area contributed by atoms with E-state index in [0.717, 1.165) is 28.1 Å². The van der Waals surface area contributed by atoms with Gasteiger partial charge in [0, 0.05) is 23.9 Å². The number of nitrogens with zero attached hydrogens (tertiary/aromatic N) is 4. The van der Waals surface area contributed by atoms with Crippen molar-refractivity contribution in [3.05, 3.63) is 107 Å². The highest BCUT2D eigenvalue weighted by Gasteiger charge is 2.43. The number of para-hydroxylation sites is 2. The number of amides is 1. The van der Waals surface area contributed by atoms with E-state index >= 15 is 0 Å². The molecule has 2 unspecified atom stereocenters. The molecular formula is C28H27N6O+. The largest absolute Gasteiger partial charge is 0.348 e. The van der Waals surface area contributed by atoms with Gasteiger partial charge in [-0.3, -0.25) is 4.79 Å². The molecule has 5 rings (SSSR count). The maximum Gasteiger partial charge on any atom is 0.297 e. The molecule has 2 atom stereocenters. The van der Waals surface area contributed by atoms with Gasteiger partial charge >= 0.3 is 0 Å². The van der Waals surface area contributed by atoms with Crippen LogP contribution < -0.4 is 15.3 Å². The fourth-order valence-corrected chi connectivity index (χ4v) is 4.15. The van der Waals surface area contributed by atoms with Gasteiger partial charge in [-0.1, -0.05) is 53.1 Å². The lowest BCUT2D eigenvalue weighted by atomic mass is 10.1. The Bertz CT molecular complexity index is 1420. The molecule has 0 aliphatic carbocycles. The number of nitrogens with one attached hydrogen (secondary N) is 2.